The summed E-state index contributed by atoms with van der Waals surface area (Å²) in [5, 5.41) is 0. The van der Waals surface area contributed by atoms with Gasteiger partial charge < -0.3 is 10.6 Å². The van der Waals surface area contributed by atoms with Crippen LogP contribution in [0.3, 0.4) is 0 Å². The van der Waals surface area contributed by atoms with Crippen LogP contribution in [-0.4, -0.2) is 55.6 Å². The Morgan fingerprint density at radius 3 is 2.75 bits per heavy atom. The Bertz CT molecular complexity index is 127. The van der Waals surface area contributed by atoms with Gasteiger partial charge in [0.05, 0.1) is 0 Å². The van der Waals surface area contributed by atoms with Gasteiger partial charge in [0.15, 0.2) is 0 Å². The topological polar surface area (TPSA) is 32.5 Å². The number of hydrogen-bond donors (Lipinski definition) is 1. The SMILES string of the molecule is CCCN1CCN(C)C(CN)C1. The molecule has 3 heteroatoms. The second-order valence-corrected chi connectivity index (χ2v) is 3.67. The minimum Gasteiger partial charge on any atom is -0.329 e. The average Bonchev–Trinajstić information content (AvgIpc) is 2.09. The number of rotatable bonds is 3. The summed E-state index contributed by atoms with van der Waals surface area (Å²) in [5.74, 6) is 0. The molecule has 0 aliphatic carbocycles. The first kappa shape index (κ1) is 9.96. The smallest absolute Gasteiger partial charge is 0.0343 e. The average molecular weight is 171 g/mol. The van der Waals surface area contributed by atoms with Crippen molar-refractivity contribution >= 4 is 0 Å². The summed E-state index contributed by atoms with van der Waals surface area (Å²) in [6.07, 6.45) is 1.25. The zero-order valence-corrected chi connectivity index (χ0v) is 8.29. The zero-order chi connectivity index (χ0) is 8.97. The van der Waals surface area contributed by atoms with E-state index in [-0.39, 0.29) is 0 Å². The maximum Gasteiger partial charge on any atom is 0.0343 e. The Hall–Kier alpha value is -0.120. The third-order valence-corrected chi connectivity index (χ3v) is 2.67. The first-order chi connectivity index (χ1) is 5.77. The summed E-state index contributed by atoms with van der Waals surface area (Å²) in [4.78, 5) is 4.88. The van der Waals surface area contributed by atoms with E-state index >= 15 is 0 Å². The van der Waals surface area contributed by atoms with Gasteiger partial charge in [-0.3, -0.25) is 4.90 Å². The van der Waals surface area contributed by atoms with E-state index in [1.54, 1.807) is 0 Å². The number of hydrogen-bond acceptors (Lipinski definition) is 3. The quantitative estimate of drug-likeness (QED) is 0.647. The van der Waals surface area contributed by atoms with Crippen molar-refractivity contribution in [2.24, 2.45) is 5.73 Å². The van der Waals surface area contributed by atoms with Crippen LogP contribution in [0.2, 0.25) is 0 Å². The van der Waals surface area contributed by atoms with Crippen molar-refractivity contribution in [3.05, 3.63) is 0 Å². The van der Waals surface area contributed by atoms with Crippen LogP contribution in [0.5, 0.6) is 0 Å². The van der Waals surface area contributed by atoms with E-state index in [1.807, 2.05) is 0 Å². The van der Waals surface area contributed by atoms with Gasteiger partial charge in [0.25, 0.3) is 0 Å². The molecule has 1 rings (SSSR count). The molecule has 1 unspecified atom stereocenters. The van der Waals surface area contributed by atoms with Gasteiger partial charge in [-0.1, -0.05) is 6.92 Å². The summed E-state index contributed by atoms with van der Waals surface area (Å²) >= 11 is 0. The van der Waals surface area contributed by atoms with Crippen LogP contribution in [0.1, 0.15) is 13.3 Å². The van der Waals surface area contributed by atoms with E-state index in [0.717, 1.165) is 13.1 Å². The van der Waals surface area contributed by atoms with Crippen molar-refractivity contribution < 1.29 is 0 Å². The highest BCUT2D eigenvalue weighted by atomic mass is 15.3. The van der Waals surface area contributed by atoms with Crippen LogP contribution in [0, 0.1) is 0 Å². The maximum atomic E-state index is 5.68. The van der Waals surface area contributed by atoms with Gasteiger partial charge in [0.1, 0.15) is 0 Å². The van der Waals surface area contributed by atoms with Crippen molar-refractivity contribution in [3.63, 3.8) is 0 Å². The number of nitrogens with two attached hydrogens (primary N) is 1. The molecule has 0 aromatic carbocycles. The van der Waals surface area contributed by atoms with Gasteiger partial charge in [-0.15, -0.1) is 0 Å². The highest BCUT2D eigenvalue weighted by Gasteiger charge is 2.21. The van der Waals surface area contributed by atoms with Crippen molar-refractivity contribution in [2.75, 3.05) is 39.8 Å². The van der Waals surface area contributed by atoms with Crippen LogP contribution < -0.4 is 5.73 Å². The lowest BCUT2D eigenvalue weighted by atomic mass is 10.2. The zero-order valence-electron chi connectivity index (χ0n) is 8.29. The van der Waals surface area contributed by atoms with Gasteiger partial charge in [-0.2, -0.15) is 0 Å². The summed E-state index contributed by atoms with van der Waals surface area (Å²) in [5.41, 5.74) is 5.68. The second kappa shape index (κ2) is 4.80. The van der Waals surface area contributed by atoms with E-state index in [4.69, 9.17) is 5.73 Å². The Morgan fingerprint density at radius 2 is 2.17 bits per heavy atom. The molecule has 12 heavy (non-hydrogen) atoms. The molecule has 72 valence electrons. The fraction of sp³-hybridized carbons (Fsp3) is 1.00. The van der Waals surface area contributed by atoms with Crippen LogP contribution in [0.4, 0.5) is 0 Å². The molecule has 1 atom stereocenters. The molecule has 1 heterocycles. The summed E-state index contributed by atoms with van der Waals surface area (Å²) in [6, 6.07) is 0.574. The van der Waals surface area contributed by atoms with E-state index in [9.17, 15) is 0 Å². The first-order valence-electron chi connectivity index (χ1n) is 4.90. The fourth-order valence-electron chi connectivity index (χ4n) is 1.78. The number of piperazine rings is 1. The third-order valence-electron chi connectivity index (χ3n) is 2.67. The molecule has 0 amide bonds. The van der Waals surface area contributed by atoms with E-state index < -0.39 is 0 Å². The highest BCUT2D eigenvalue weighted by molar-refractivity contribution is 4.80. The highest BCUT2D eigenvalue weighted by Crippen LogP contribution is 2.06. The Balaban J connectivity index is 2.33. The lowest BCUT2D eigenvalue weighted by molar-refractivity contribution is 0.0999. The number of likely N-dealkylation sites (N-methyl/N-ethyl adjacent to an activating group) is 1. The molecule has 1 aliphatic rings. The van der Waals surface area contributed by atoms with Crippen LogP contribution in [0.15, 0.2) is 0 Å². The molecular formula is C9H21N3. The monoisotopic (exact) mass is 171 g/mol. The van der Waals surface area contributed by atoms with Crippen molar-refractivity contribution in [2.45, 2.75) is 19.4 Å². The van der Waals surface area contributed by atoms with Gasteiger partial charge in [0.2, 0.25) is 0 Å². The lowest BCUT2D eigenvalue weighted by Gasteiger charge is -2.38. The molecule has 1 saturated heterocycles. The molecule has 1 fully saturated rings. The fourth-order valence-corrected chi connectivity index (χ4v) is 1.78. The molecule has 0 spiro atoms. The van der Waals surface area contributed by atoms with Crippen molar-refractivity contribution in [1.82, 2.24) is 9.80 Å². The predicted octanol–water partition coefficient (Wildman–Crippen LogP) is -0.0289. The first-order valence-corrected chi connectivity index (χ1v) is 4.90. The minimum atomic E-state index is 0.574. The maximum absolute atomic E-state index is 5.68. The molecule has 3 nitrogen and oxygen atoms in total. The molecule has 0 aromatic heterocycles. The van der Waals surface area contributed by atoms with Crippen LogP contribution >= 0.6 is 0 Å². The third kappa shape index (κ3) is 2.44. The Kier molecular flexibility index (Phi) is 3.98. The molecule has 0 radical (unpaired) electrons. The van der Waals surface area contributed by atoms with E-state index in [0.29, 0.717) is 6.04 Å². The van der Waals surface area contributed by atoms with Crippen molar-refractivity contribution in [3.8, 4) is 0 Å². The van der Waals surface area contributed by atoms with Gasteiger partial charge >= 0.3 is 0 Å². The van der Waals surface area contributed by atoms with E-state index in [2.05, 4.69) is 23.8 Å². The predicted molar refractivity (Wildman–Crippen MR) is 52.2 cm³/mol. The Morgan fingerprint density at radius 1 is 1.42 bits per heavy atom. The van der Waals surface area contributed by atoms with Crippen molar-refractivity contribution in [1.29, 1.82) is 0 Å². The number of nitrogens with zero attached hydrogens (tertiary/aromatic N) is 2. The molecule has 2 N–H and O–H groups in total. The van der Waals surface area contributed by atoms with Crippen LogP contribution in [0.25, 0.3) is 0 Å². The summed E-state index contributed by atoms with van der Waals surface area (Å²) in [7, 11) is 2.17. The largest absolute Gasteiger partial charge is 0.329 e. The summed E-state index contributed by atoms with van der Waals surface area (Å²) < 4.78 is 0. The molecule has 0 saturated carbocycles. The second-order valence-electron chi connectivity index (χ2n) is 3.67. The standard InChI is InChI=1S/C9H21N3/c1-3-4-12-6-5-11(2)9(7-10)8-12/h9H,3-8,10H2,1-2H3. The minimum absolute atomic E-state index is 0.574. The van der Waals surface area contributed by atoms with E-state index in [1.165, 1.54) is 26.1 Å². The molecular weight excluding hydrogens is 150 g/mol. The van der Waals surface area contributed by atoms with Gasteiger partial charge in [-0.05, 0) is 20.0 Å². The van der Waals surface area contributed by atoms with Gasteiger partial charge in [0, 0.05) is 32.2 Å². The Labute approximate surface area is 75.5 Å². The molecule has 1 aliphatic heterocycles. The molecule has 0 aromatic rings. The summed E-state index contributed by atoms with van der Waals surface area (Å²) in [6.45, 7) is 7.78. The van der Waals surface area contributed by atoms with Crippen LogP contribution in [-0.2, 0) is 0 Å². The normalized spacial score (nSPS) is 27.8. The van der Waals surface area contributed by atoms with Gasteiger partial charge in [-0.25, -0.2) is 0 Å². The molecule has 0 bridgehead atoms. The lowest BCUT2D eigenvalue weighted by Crippen LogP contribution is -2.54.